The van der Waals surface area contributed by atoms with E-state index in [0.717, 1.165) is 11.3 Å². The molecular formula is C14H21NO4S. The number of ether oxygens (including phenoxy) is 1. The van der Waals surface area contributed by atoms with E-state index in [1.54, 1.807) is 32.0 Å². The van der Waals surface area contributed by atoms with Gasteiger partial charge in [0.05, 0.1) is 18.4 Å². The zero-order valence-corrected chi connectivity index (χ0v) is 13.1. The number of nitrogens with one attached hydrogen (secondary N) is 1. The number of aryl methyl sites for hydroxylation is 1. The second-order valence-electron chi connectivity index (χ2n) is 4.77. The lowest BCUT2D eigenvalue weighted by Crippen LogP contribution is -2.27. The number of benzene rings is 1. The topological polar surface area (TPSA) is 72.5 Å². The molecule has 1 aromatic carbocycles. The van der Waals surface area contributed by atoms with Gasteiger partial charge < -0.3 is 10.1 Å². The zero-order valence-electron chi connectivity index (χ0n) is 12.3. The quantitative estimate of drug-likeness (QED) is 0.814. The van der Waals surface area contributed by atoms with E-state index in [1.807, 2.05) is 6.92 Å². The molecule has 20 heavy (non-hydrogen) atoms. The van der Waals surface area contributed by atoms with Crippen LogP contribution in [0.4, 0.5) is 5.69 Å². The number of carbonyl (C=O) groups is 1. The van der Waals surface area contributed by atoms with Crippen molar-refractivity contribution in [1.29, 1.82) is 0 Å². The Balaban J connectivity index is 2.89. The van der Waals surface area contributed by atoms with Crippen molar-refractivity contribution in [2.24, 2.45) is 0 Å². The van der Waals surface area contributed by atoms with Crippen molar-refractivity contribution in [3.05, 3.63) is 29.3 Å². The zero-order chi connectivity index (χ0) is 15.3. The number of hydrogen-bond acceptors (Lipinski definition) is 5. The summed E-state index contributed by atoms with van der Waals surface area (Å²) in [5.41, 5.74) is 2.12. The van der Waals surface area contributed by atoms with Crippen molar-refractivity contribution in [3.63, 3.8) is 0 Å². The molecule has 0 bridgehead atoms. The summed E-state index contributed by atoms with van der Waals surface area (Å²) in [6.45, 7) is 5.33. The summed E-state index contributed by atoms with van der Waals surface area (Å²) in [7, 11) is -1.71. The lowest BCUT2D eigenvalue weighted by molar-refractivity contribution is 0.0601. The van der Waals surface area contributed by atoms with Crippen LogP contribution in [0.2, 0.25) is 0 Å². The van der Waals surface area contributed by atoms with Gasteiger partial charge in [0.1, 0.15) is 0 Å². The molecule has 0 aliphatic carbocycles. The molecule has 0 radical (unpaired) electrons. The van der Waals surface area contributed by atoms with E-state index < -0.39 is 15.8 Å². The standard InChI is InChI=1S/C14H21NO4S/c1-5-20(17,18)9-11(3)15-13-8-12(14(16)19-4)7-6-10(13)2/h6-8,11,15H,5,9H2,1-4H3. The van der Waals surface area contributed by atoms with Crippen LogP contribution in [0.3, 0.4) is 0 Å². The molecule has 0 aromatic heterocycles. The van der Waals surface area contributed by atoms with Crippen molar-refractivity contribution in [2.45, 2.75) is 26.8 Å². The van der Waals surface area contributed by atoms with E-state index in [0.29, 0.717) is 5.56 Å². The van der Waals surface area contributed by atoms with Crippen molar-refractivity contribution in [1.82, 2.24) is 0 Å². The van der Waals surface area contributed by atoms with Gasteiger partial charge in [-0.05, 0) is 31.5 Å². The number of anilines is 1. The van der Waals surface area contributed by atoms with Crippen LogP contribution in [0.1, 0.15) is 29.8 Å². The fourth-order valence-electron chi connectivity index (χ4n) is 1.83. The Bertz CT molecular complexity index is 581. The third-order valence-electron chi connectivity index (χ3n) is 3.00. The maximum absolute atomic E-state index is 11.6. The molecule has 1 aromatic rings. The Labute approximate surface area is 120 Å². The third kappa shape index (κ3) is 4.52. The van der Waals surface area contributed by atoms with E-state index in [9.17, 15) is 13.2 Å². The molecule has 5 nitrogen and oxygen atoms in total. The van der Waals surface area contributed by atoms with E-state index in [2.05, 4.69) is 10.1 Å². The minimum absolute atomic E-state index is 0.0609. The van der Waals surface area contributed by atoms with Crippen molar-refractivity contribution in [2.75, 3.05) is 23.9 Å². The SMILES string of the molecule is CCS(=O)(=O)CC(C)Nc1cc(C(=O)OC)ccc1C. The number of esters is 1. The van der Waals surface area contributed by atoms with Gasteiger partial charge in [-0.3, -0.25) is 0 Å². The number of methoxy groups -OCH3 is 1. The Morgan fingerprint density at radius 1 is 1.40 bits per heavy atom. The van der Waals surface area contributed by atoms with Gasteiger partial charge in [-0.15, -0.1) is 0 Å². The molecule has 6 heteroatoms. The monoisotopic (exact) mass is 299 g/mol. The van der Waals surface area contributed by atoms with Crippen LogP contribution < -0.4 is 5.32 Å². The van der Waals surface area contributed by atoms with Gasteiger partial charge in [-0.2, -0.15) is 0 Å². The minimum Gasteiger partial charge on any atom is -0.465 e. The average Bonchev–Trinajstić information content (AvgIpc) is 2.39. The van der Waals surface area contributed by atoms with Crippen LogP contribution in [-0.4, -0.2) is 39.0 Å². The molecule has 1 rings (SSSR count). The van der Waals surface area contributed by atoms with Gasteiger partial charge >= 0.3 is 5.97 Å². The lowest BCUT2D eigenvalue weighted by atomic mass is 10.1. The number of carbonyl (C=O) groups excluding carboxylic acids is 1. The fraction of sp³-hybridized carbons (Fsp3) is 0.500. The van der Waals surface area contributed by atoms with Crippen LogP contribution in [-0.2, 0) is 14.6 Å². The minimum atomic E-state index is -3.04. The molecule has 0 spiro atoms. The van der Waals surface area contributed by atoms with Gasteiger partial charge in [0.25, 0.3) is 0 Å². The first-order valence-corrected chi connectivity index (χ1v) is 8.27. The van der Waals surface area contributed by atoms with Gasteiger partial charge in [-0.25, -0.2) is 13.2 Å². The normalized spacial score (nSPS) is 12.8. The number of sulfone groups is 1. The molecule has 1 N–H and O–H groups in total. The predicted octanol–water partition coefficient (Wildman–Crippen LogP) is 2.02. The van der Waals surface area contributed by atoms with Gasteiger partial charge in [0.15, 0.2) is 9.84 Å². The highest BCUT2D eigenvalue weighted by molar-refractivity contribution is 7.91. The summed E-state index contributed by atoms with van der Waals surface area (Å²) in [4.78, 5) is 11.5. The molecule has 1 atom stereocenters. The average molecular weight is 299 g/mol. The van der Waals surface area contributed by atoms with Crippen LogP contribution in [0, 0.1) is 6.92 Å². The van der Waals surface area contributed by atoms with Crippen LogP contribution >= 0.6 is 0 Å². The summed E-state index contributed by atoms with van der Waals surface area (Å²) in [6, 6.07) is 4.93. The van der Waals surface area contributed by atoms with E-state index in [4.69, 9.17) is 0 Å². The highest BCUT2D eigenvalue weighted by atomic mass is 32.2. The molecule has 0 amide bonds. The molecule has 112 valence electrons. The van der Waals surface area contributed by atoms with E-state index in [-0.39, 0.29) is 17.5 Å². The molecule has 0 saturated heterocycles. The molecule has 0 aliphatic rings. The van der Waals surface area contributed by atoms with E-state index in [1.165, 1.54) is 7.11 Å². The lowest BCUT2D eigenvalue weighted by Gasteiger charge is -2.17. The predicted molar refractivity (Wildman–Crippen MR) is 79.9 cm³/mol. The Morgan fingerprint density at radius 3 is 2.60 bits per heavy atom. The summed E-state index contributed by atoms with van der Waals surface area (Å²) >= 11 is 0. The van der Waals surface area contributed by atoms with Gasteiger partial charge in [-0.1, -0.05) is 13.0 Å². The van der Waals surface area contributed by atoms with Crippen LogP contribution in [0.15, 0.2) is 18.2 Å². The Hall–Kier alpha value is -1.56. The first-order chi connectivity index (χ1) is 9.29. The molecule has 0 heterocycles. The Kier molecular flexibility index (Phi) is 5.56. The third-order valence-corrected chi connectivity index (χ3v) is 4.89. The highest BCUT2D eigenvalue weighted by Crippen LogP contribution is 2.19. The fourth-order valence-corrected chi connectivity index (χ4v) is 2.91. The van der Waals surface area contributed by atoms with Crippen molar-refractivity contribution < 1.29 is 17.9 Å². The smallest absolute Gasteiger partial charge is 0.337 e. The molecule has 0 aliphatic heterocycles. The Morgan fingerprint density at radius 2 is 2.05 bits per heavy atom. The highest BCUT2D eigenvalue weighted by Gasteiger charge is 2.15. The first-order valence-electron chi connectivity index (χ1n) is 6.45. The van der Waals surface area contributed by atoms with Crippen LogP contribution in [0.25, 0.3) is 0 Å². The number of hydrogen-bond donors (Lipinski definition) is 1. The summed E-state index contributed by atoms with van der Waals surface area (Å²) < 4.78 is 27.9. The summed E-state index contributed by atoms with van der Waals surface area (Å²) in [5.74, 6) is -0.229. The largest absolute Gasteiger partial charge is 0.465 e. The summed E-state index contributed by atoms with van der Waals surface area (Å²) in [6.07, 6.45) is 0. The maximum Gasteiger partial charge on any atom is 0.337 e. The van der Waals surface area contributed by atoms with Gasteiger partial charge in [0.2, 0.25) is 0 Å². The van der Waals surface area contributed by atoms with Gasteiger partial charge in [0, 0.05) is 17.5 Å². The molecule has 1 unspecified atom stereocenters. The second-order valence-corrected chi connectivity index (χ2v) is 7.16. The van der Waals surface area contributed by atoms with Crippen LogP contribution in [0.5, 0.6) is 0 Å². The second kappa shape index (κ2) is 6.74. The first kappa shape index (κ1) is 16.5. The number of rotatable bonds is 6. The molecular weight excluding hydrogens is 278 g/mol. The molecule has 0 fully saturated rings. The maximum atomic E-state index is 11.6. The van der Waals surface area contributed by atoms with Crippen molar-refractivity contribution in [3.8, 4) is 0 Å². The van der Waals surface area contributed by atoms with Crippen molar-refractivity contribution >= 4 is 21.5 Å². The summed E-state index contributed by atoms with van der Waals surface area (Å²) in [5, 5.41) is 3.13. The van der Waals surface area contributed by atoms with E-state index >= 15 is 0 Å². The molecule has 0 saturated carbocycles.